The Morgan fingerprint density at radius 2 is 1.55 bits per heavy atom. The fourth-order valence-corrected chi connectivity index (χ4v) is 1.89. The Hall–Kier alpha value is -2.95. The van der Waals surface area contributed by atoms with Crippen molar-refractivity contribution in [2.75, 3.05) is 5.73 Å². The van der Waals surface area contributed by atoms with Crippen LogP contribution in [0.3, 0.4) is 0 Å². The van der Waals surface area contributed by atoms with Gasteiger partial charge in [-0.3, -0.25) is 0 Å². The van der Waals surface area contributed by atoms with E-state index in [1.54, 1.807) is 16.7 Å². The van der Waals surface area contributed by atoms with Gasteiger partial charge in [-0.05, 0) is 24.3 Å². The molecule has 0 amide bonds. The van der Waals surface area contributed by atoms with E-state index >= 15 is 0 Å². The van der Waals surface area contributed by atoms with Gasteiger partial charge in [0.15, 0.2) is 5.82 Å². The molecule has 0 aliphatic carbocycles. The smallest absolute Gasteiger partial charge is 0.311 e. The maximum absolute atomic E-state index is 9.72. The van der Waals surface area contributed by atoms with Crippen LogP contribution in [0, 0.1) is 0 Å². The largest absolute Gasteiger partial charge is 0.491 e. The molecule has 0 spiro atoms. The number of nitrogens with zero attached hydrogens (tertiary/aromatic N) is 2. The molecule has 3 rings (SSSR count). The van der Waals surface area contributed by atoms with Crippen LogP contribution < -0.4 is 10.5 Å². The molecule has 3 N–H and O–H groups in total. The number of hydrogen-bond donors (Lipinski definition) is 2. The van der Waals surface area contributed by atoms with Crippen molar-refractivity contribution in [1.82, 2.24) is 9.55 Å². The highest BCUT2D eigenvalue weighted by Crippen LogP contribution is 2.32. The summed E-state index contributed by atoms with van der Waals surface area (Å²) < 4.78 is 7.24. The van der Waals surface area contributed by atoms with Gasteiger partial charge < -0.3 is 15.6 Å². The van der Waals surface area contributed by atoms with E-state index in [1.165, 1.54) is 0 Å². The lowest BCUT2D eigenvalue weighted by molar-refractivity contribution is 0.419. The van der Waals surface area contributed by atoms with Crippen LogP contribution in [-0.4, -0.2) is 14.7 Å². The Labute approximate surface area is 115 Å². The lowest BCUT2D eigenvalue weighted by atomic mass is 10.3. The number of nitrogens with two attached hydrogens (primary N) is 1. The van der Waals surface area contributed by atoms with Gasteiger partial charge in [-0.1, -0.05) is 36.4 Å². The SMILES string of the molecule is Nc1c(O)nc(Oc2ccccc2)n1-c1ccccc1. The standard InChI is InChI=1S/C15H13N3O2/c16-13-14(19)17-15(20-12-9-5-2-6-10-12)18(13)11-7-3-1-4-8-11/h1-10,19H,16H2. The molecule has 0 aliphatic rings. The van der Waals surface area contributed by atoms with E-state index in [0.717, 1.165) is 5.69 Å². The van der Waals surface area contributed by atoms with Gasteiger partial charge in [0.25, 0.3) is 5.88 Å². The van der Waals surface area contributed by atoms with Crippen LogP contribution in [0.5, 0.6) is 17.6 Å². The molecule has 3 aromatic rings. The molecular weight excluding hydrogens is 254 g/mol. The number of benzene rings is 2. The molecular formula is C15H13N3O2. The van der Waals surface area contributed by atoms with Crippen LogP contribution in [-0.2, 0) is 0 Å². The summed E-state index contributed by atoms with van der Waals surface area (Å²) in [6.45, 7) is 0. The molecule has 5 heteroatoms. The quantitative estimate of drug-likeness (QED) is 0.765. The number of rotatable bonds is 3. The lowest BCUT2D eigenvalue weighted by Crippen LogP contribution is -2.02. The van der Waals surface area contributed by atoms with E-state index in [0.29, 0.717) is 5.75 Å². The Morgan fingerprint density at radius 1 is 0.950 bits per heavy atom. The Balaban J connectivity index is 2.06. The second-order valence-corrected chi connectivity index (χ2v) is 4.19. The molecule has 0 atom stereocenters. The van der Waals surface area contributed by atoms with Crippen LogP contribution in [0.4, 0.5) is 5.82 Å². The Morgan fingerprint density at radius 3 is 2.20 bits per heavy atom. The van der Waals surface area contributed by atoms with Gasteiger partial charge in [0, 0.05) is 0 Å². The molecule has 0 fully saturated rings. The van der Waals surface area contributed by atoms with Crippen molar-refractivity contribution in [2.45, 2.75) is 0 Å². The van der Waals surface area contributed by atoms with Crippen LogP contribution >= 0.6 is 0 Å². The first-order valence-corrected chi connectivity index (χ1v) is 6.11. The minimum absolute atomic E-state index is 0.141. The second kappa shape index (κ2) is 4.97. The molecule has 0 unspecified atom stereocenters. The summed E-state index contributed by atoms with van der Waals surface area (Å²) in [6.07, 6.45) is 0. The van der Waals surface area contributed by atoms with Crippen LogP contribution in [0.25, 0.3) is 5.69 Å². The molecule has 0 radical (unpaired) electrons. The topological polar surface area (TPSA) is 73.3 Å². The number of para-hydroxylation sites is 2. The molecule has 0 saturated carbocycles. The number of aromatic hydroxyl groups is 1. The fourth-order valence-electron chi connectivity index (χ4n) is 1.89. The summed E-state index contributed by atoms with van der Waals surface area (Å²) in [5.74, 6) is 0.511. The predicted octanol–water partition coefficient (Wildman–Crippen LogP) is 2.95. The molecule has 5 nitrogen and oxygen atoms in total. The number of anilines is 1. The van der Waals surface area contributed by atoms with Gasteiger partial charge >= 0.3 is 6.01 Å². The van der Waals surface area contributed by atoms with Gasteiger partial charge in [-0.25, -0.2) is 4.57 Å². The second-order valence-electron chi connectivity index (χ2n) is 4.19. The molecule has 2 aromatic carbocycles. The van der Waals surface area contributed by atoms with E-state index < -0.39 is 0 Å². The van der Waals surface area contributed by atoms with E-state index in [4.69, 9.17) is 10.5 Å². The first kappa shape index (κ1) is 12.1. The van der Waals surface area contributed by atoms with E-state index in [2.05, 4.69) is 4.98 Å². The number of hydrogen-bond acceptors (Lipinski definition) is 4. The third-order valence-corrected chi connectivity index (χ3v) is 2.83. The number of nitrogen functional groups attached to an aromatic ring is 1. The highest BCUT2D eigenvalue weighted by atomic mass is 16.5. The van der Waals surface area contributed by atoms with Crippen molar-refractivity contribution < 1.29 is 9.84 Å². The lowest BCUT2D eigenvalue weighted by Gasteiger charge is -2.09. The van der Waals surface area contributed by atoms with Crippen molar-refractivity contribution in [3.63, 3.8) is 0 Å². The highest BCUT2D eigenvalue weighted by molar-refractivity contribution is 5.53. The Bertz CT molecular complexity index is 709. The summed E-state index contributed by atoms with van der Waals surface area (Å²) in [7, 11) is 0. The molecule has 100 valence electrons. The third kappa shape index (κ3) is 2.16. The average Bonchev–Trinajstić information content (AvgIpc) is 2.76. The first-order valence-electron chi connectivity index (χ1n) is 6.11. The van der Waals surface area contributed by atoms with Gasteiger partial charge in [0.1, 0.15) is 5.75 Å². The van der Waals surface area contributed by atoms with Crippen molar-refractivity contribution in [3.8, 4) is 23.3 Å². The fraction of sp³-hybridized carbons (Fsp3) is 0. The van der Waals surface area contributed by atoms with E-state index in [1.807, 2.05) is 48.5 Å². The van der Waals surface area contributed by atoms with Crippen molar-refractivity contribution in [3.05, 3.63) is 60.7 Å². The average molecular weight is 267 g/mol. The van der Waals surface area contributed by atoms with E-state index in [-0.39, 0.29) is 17.7 Å². The number of aromatic nitrogens is 2. The van der Waals surface area contributed by atoms with Crippen molar-refractivity contribution in [2.24, 2.45) is 0 Å². The maximum atomic E-state index is 9.72. The van der Waals surface area contributed by atoms with Gasteiger partial charge in [-0.15, -0.1) is 0 Å². The monoisotopic (exact) mass is 267 g/mol. The molecule has 0 aliphatic heterocycles. The molecule has 20 heavy (non-hydrogen) atoms. The third-order valence-electron chi connectivity index (χ3n) is 2.83. The van der Waals surface area contributed by atoms with Crippen molar-refractivity contribution >= 4 is 5.82 Å². The minimum atomic E-state index is -0.250. The van der Waals surface area contributed by atoms with Crippen molar-refractivity contribution in [1.29, 1.82) is 0 Å². The van der Waals surface area contributed by atoms with Gasteiger partial charge in [0.05, 0.1) is 5.69 Å². The number of ether oxygens (including phenoxy) is 1. The minimum Gasteiger partial charge on any atom is -0.491 e. The zero-order chi connectivity index (χ0) is 13.9. The molecule has 0 bridgehead atoms. The van der Waals surface area contributed by atoms with E-state index in [9.17, 15) is 5.11 Å². The molecule has 1 heterocycles. The van der Waals surface area contributed by atoms with Gasteiger partial charge in [-0.2, -0.15) is 4.98 Å². The van der Waals surface area contributed by atoms with Crippen LogP contribution in [0.15, 0.2) is 60.7 Å². The Kier molecular flexibility index (Phi) is 3.01. The summed E-state index contributed by atoms with van der Waals surface area (Å²) >= 11 is 0. The summed E-state index contributed by atoms with van der Waals surface area (Å²) in [5, 5.41) is 9.72. The zero-order valence-electron chi connectivity index (χ0n) is 10.6. The predicted molar refractivity (Wildman–Crippen MR) is 76.2 cm³/mol. The van der Waals surface area contributed by atoms with Crippen LogP contribution in [0.2, 0.25) is 0 Å². The number of imidazole rings is 1. The first-order chi connectivity index (χ1) is 9.75. The highest BCUT2D eigenvalue weighted by Gasteiger charge is 2.17. The molecule has 1 aromatic heterocycles. The maximum Gasteiger partial charge on any atom is 0.311 e. The zero-order valence-corrected chi connectivity index (χ0v) is 10.6. The summed E-state index contributed by atoms with van der Waals surface area (Å²) in [4.78, 5) is 3.95. The molecule has 0 saturated heterocycles. The van der Waals surface area contributed by atoms with Crippen LogP contribution in [0.1, 0.15) is 0 Å². The summed E-state index contributed by atoms with van der Waals surface area (Å²) in [6, 6.07) is 18.8. The summed E-state index contributed by atoms with van der Waals surface area (Å²) in [5.41, 5.74) is 6.63. The van der Waals surface area contributed by atoms with Gasteiger partial charge in [0.2, 0.25) is 0 Å². The normalized spacial score (nSPS) is 10.4.